The van der Waals surface area contributed by atoms with E-state index in [1.54, 1.807) is 6.07 Å². The van der Waals surface area contributed by atoms with Gasteiger partial charge in [-0.05, 0) is 56.4 Å². The van der Waals surface area contributed by atoms with Gasteiger partial charge < -0.3 is 15.4 Å². The first-order chi connectivity index (χ1) is 12.1. The SMILES string of the molecule is CC/C=C/CCC1C=C(c2cc(Cl)ccc2N)CCN1C(=O)OCC. The van der Waals surface area contributed by atoms with Gasteiger partial charge in [-0.25, -0.2) is 4.79 Å². The Hall–Kier alpha value is -1.94. The summed E-state index contributed by atoms with van der Waals surface area (Å²) in [5.41, 5.74) is 8.95. The maximum atomic E-state index is 12.3. The van der Waals surface area contributed by atoms with Crippen LogP contribution >= 0.6 is 11.6 Å². The highest BCUT2D eigenvalue weighted by Gasteiger charge is 2.27. The predicted molar refractivity (Wildman–Crippen MR) is 105 cm³/mol. The minimum Gasteiger partial charge on any atom is -0.450 e. The number of hydrogen-bond donors (Lipinski definition) is 1. The zero-order valence-corrected chi connectivity index (χ0v) is 15.8. The van der Waals surface area contributed by atoms with Crippen molar-refractivity contribution in [3.63, 3.8) is 0 Å². The van der Waals surface area contributed by atoms with Crippen LogP contribution in [0.5, 0.6) is 0 Å². The summed E-state index contributed by atoms with van der Waals surface area (Å²) < 4.78 is 5.22. The summed E-state index contributed by atoms with van der Waals surface area (Å²) in [7, 11) is 0. The molecule has 25 heavy (non-hydrogen) atoms. The number of rotatable bonds is 6. The van der Waals surface area contributed by atoms with E-state index in [1.165, 1.54) is 0 Å². The van der Waals surface area contributed by atoms with Crippen LogP contribution in [0.25, 0.3) is 5.57 Å². The normalized spacial score (nSPS) is 17.6. The molecule has 1 aliphatic rings. The van der Waals surface area contributed by atoms with Crippen LogP contribution in [0.15, 0.2) is 36.4 Å². The van der Waals surface area contributed by atoms with Crippen LogP contribution in [-0.2, 0) is 4.74 Å². The standard InChI is InChI=1S/C20H27ClN2O2/c1-3-5-6-7-8-17-13-15(11-12-23(17)20(24)25-4-2)18-14-16(21)9-10-19(18)22/h5-6,9-10,13-14,17H,3-4,7-8,11-12,22H2,1-2H3/b6-5+. The van der Waals surface area contributed by atoms with Crippen molar-refractivity contribution in [1.82, 2.24) is 4.90 Å². The number of anilines is 1. The fourth-order valence-electron chi connectivity index (χ4n) is 3.07. The summed E-state index contributed by atoms with van der Waals surface area (Å²) in [6, 6.07) is 5.52. The van der Waals surface area contributed by atoms with Crippen LogP contribution < -0.4 is 5.73 Å². The summed E-state index contributed by atoms with van der Waals surface area (Å²) >= 11 is 6.13. The molecule has 0 spiro atoms. The number of carbonyl (C=O) groups is 1. The molecule has 0 aliphatic carbocycles. The van der Waals surface area contributed by atoms with Crippen LogP contribution in [0.4, 0.5) is 10.5 Å². The van der Waals surface area contributed by atoms with Gasteiger partial charge in [0.05, 0.1) is 12.6 Å². The van der Waals surface area contributed by atoms with Crippen molar-refractivity contribution < 1.29 is 9.53 Å². The highest BCUT2D eigenvalue weighted by atomic mass is 35.5. The Bertz CT molecular complexity index is 655. The average molecular weight is 363 g/mol. The Balaban J connectivity index is 2.25. The number of amides is 1. The quantitative estimate of drug-likeness (QED) is 0.553. The number of nitrogen functional groups attached to an aromatic ring is 1. The van der Waals surface area contributed by atoms with Crippen molar-refractivity contribution in [1.29, 1.82) is 0 Å². The molecule has 0 saturated carbocycles. The summed E-state index contributed by atoms with van der Waals surface area (Å²) in [6.45, 7) is 4.95. The molecule has 1 aromatic carbocycles. The molecule has 5 heteroatoms. The first kappa shape index (κ1) is 19.4. The van der Waals surface area contributed by atoms with Crippen LogP contribution in [0, 0.1) is 0 Å². The number of carbonyl (C=O) groups excluding carboxylic acids is 1. The van der Waals surface area contributed by atoms with Gasteiger partial charge in [0.2, 0.25) is 0 Å². The van der Waals surface area contributed by atoms with Gasteiger partial charge in [0, 0.05) is 22.8 Å². The van der Waals surface area contributed by atoms with Gasteiger partial charge in [0.1, 0.15) is 0 Å². The number of nitrogens with zero attached hydrogens (tertiary/aromatic N) is 1. The van der Waals surface area contributed by atoms with Crippen LogP contribution in [0.2, 0.25) is 5.02 Å². The van der Waals surface area contributed by atoms with E-state index in [1.807, 2.05) is 24.0 Å². The molecule has 0 bridgehead atoms. The first-order valence-electron chi connectivity index (χ1n) is 8.91. The van der Waals surface area contributed by atoms with Crippen molar-refractivity contribution in [2.24, 2.45) is 0 Å². The third kappa shape index (κ3) is 5.27. The smallest absolute Gasteiger partial charge is 0.410 e. The molecule has 0 aromatic heterocycles. The fraction of sp³-hybridized carbons (Fsp3) is 0.450. The van der Waals surface area contributed by atoms with Crippen molar-refractivity contribution in [3.8, 4) is 0 Å². The lowest BCUT2D eigenvalue weighted by Gasteiger charge is -2.34. The van der Waals surface area contributed by atoms with E-state index >= 15 is 0 Å². The third-order valence-electron chi connectivity index (χ3n) is 4.31. The van der Waals surface area contributed by atoms with Crippen molar-refractivity contribution in [3.05, 3.63) is 47.0 Å². The number of allylic oxidation sites excluding steroid dienone is 2. The molecular weight excluding hydrogens is 336 g/mol. The van der Waals surface area contributed by atoms with E-state index in [2.05, 4.69) is 25.2 Å². The molecule has 2 rings (SSSR count). The summed E-state index contributed by atoms with van der Waals surface area (Å²) in [4.78, 5) is 14.1. The van der Waals surface area contributed by atoms with E-state index in [4.69, 9.17) is 22.1 Å². The molecule has 1 heterocycles. The Morgan fingerprint density at radius 2 is 2.20 bits per heavy atom. The number of halogens is 1. The van der Waals surface area contributed by atoms with E-state index in [0.717, 1.165) is 36.8 Å². The summed E-state index contributed by atoms with van der Waals surface area (Å²) in [5, 5.41) is 0.667. The van der Waals surface area contributed by atoms with Gasteiger partial charge in [-0.15, -0.1) is 0 Å². The van der Waals surface area contributed by atoms with Gasteiger partial charge in [-0.2, -0.15) is 0 Å². The van der Waals surface area contributed by atoms with Crippen LogP contribution in [-0.4, -0.2) is 30.2 Å². The number of benzene rings is 1. The molecule has 1 aromatic rings. The number of nitrogens with two attached hydrogens (primary N) is 1. The molecule has 1 atom stereocenters. The van der Waals surface area contributed by atoms with E-state index in [9.17, 15) is 4.79 Å². The summed E-state index contributed by atoms with van der Waals surface area (Å²) in [5.74, 6) is 0. The predicted octanol–water partition coefficient (Wildman–Crippen LogP) is 5.28. The van der Waals surface area contributed by atoms with E-state index in [-0.39, 0.29) is 12.1 Å². The molecule has 0 radical (unpaired) electrons. The second kappa shape index (κ2) is 9.52. The minimum absolute atomic E-state index is 0.00249. The largest absolute Gasteiger partial charge is 0.450 e. The van der Waals surface area contributed by atoms with Crippen molar-refractivity contribution in [2.75, 3.05) is 18.9 Å². The molecule has 1 unspecified atom stereocenters. The van der Waals surface area contributed by atoms with Gasteiger partial charge in [-0.1, -0.05) is 36.8 Å². The minimum atomic E-state index is -0.249. The Kier molecular flexibility index (Phi) is 7.38. The maximum absolute atomic E-state index is 12.3. The topological polar surface area (TPSA) is 55.6 Å². The van der Waals surface area contributed by atoms with Gasteiger partial charge in [-0.3, -0.25) is 0 Å². The molecule has 0 fully saturated rings. The highest BCUT2D eigenvalue weighted by Crippen LogP contribution is 2.32. The molecule has 1 aliphatic heterocycles. The Morgan fingerprint density at radius 3 is 2.92 bits per heavy atom. The van der Waals surface area contributed by atoms with Crippen LogP contribution in [0.1, 0.15) is 45.1 Å². The third-order valence-corrected chi connectivity index (χ3v) is 4.55. The zero-order valence-electron chi connectivity index (χ0n) is 15.0. The maximum Gasteiger partial charge on any atom is 0.410 e. The van der Waals surface area contributed by atoms with Gasteiger partial charge in [0.25, 0.3) is 0 Å². The van der Waals surface area contributed by atoms with E-state index in [0.29, 0.717) is 23.9 Å². The highest BCUT2D eigenvalue weighted by molar-refractivity contribution is 6.30. The Morgan fingerprint density at radius 1 is 1.40 bits per heavy atom. The zero-order chi connectivity index (χ0) is 18.2. The molecule has 136 valence electrons. The lowest BCUT2D eigenvalue weighted by atomic mass is 9.93. The first-order valence-corrected chi connectivity index (χ1v) is 9.29. The molecule has 2 N–H and O–H groups in total. The lowest BCUT2D eigenvalue weighted by molar-refractivity contribution is 0.0956. The van der Waals surface area contributed by atoms with Gasteiger partial charge in [0.15, 0.2) is 0 Å². The van der Waals surface area contributed by atoms with Crippen molar-refractivity contribution in [2.45, 2.75) is 45.6 Å². The molecule has 0 saturated heterocycles. The Labute approximate surface area is 155 Å². The van der Waals surface area contributed by atoms with E-state index < -0.39 is 0 Å². The number of ether oxygens (including phenoxy) is 1. The lowest BCUT2D eigenvalue weighted by Crippen LogP contribution is -2.42. The van der Waals surface area contributed by atoms with Gasteiger partial charge >= 0.3 is 6.09 Å². The van der Waals surface area contributed by atoms with Crippen LogP contribution in [0.3, 0.4) is 0 Å². The monoisotopic (exact) mass is 362 g/mol. The molecule has 1 amide bonds. The second-order valence-corrected chi connectivity index (χ2v) is 6.53. The fourth-order valence-corrected chi connectivity index (χ4v) is 3.24. The number of hydrogen-bond acceptors (Lipinski definition) is 3. The molecule has 4 nitrogen and oxygen atoms in total. The second-order valence-electron chi connectivity index (χ2n) is 6.09. The average Bonchev–Trinajstić information content (AvgIpc) is 2.61. The summed E-state index contributed by atoms with van der Waals surface area (Å²) in [6.07, 6.45) is 9.75. The van der Waals surface area contributed by atoms with Crippen molar-refractivity contribution >= 4 is 29.0 Å². The molecular formula is C20H27ClN2O2.